The van der Waals surface area contributed by atoms with Gasteiger partial charge >= 0.3 is 0 Å². The number of anilines is 1. The summed E-state index contributed by atoms with van der Waals surface area (Å²) in [6.45, 7) is 2.45. The first-order valence-corrected chi connectivity index (χ1v) is 5.19. The number of nitrogens with two attached hydrogens (primary N) is 1. The zero-order valence-electron chi connectivity index (χ0n) is 7.58. The lowest BCUT2D eigenvalue weighted by Gasteiger charge is -2.09. The number of ether oxygens (including phenoxy) is 1. The van der Waals surface area contributed by atoms with Crippen molar-refractivity contribution in [1.29, 1.82) is 0 Å². The lowest BCUT2D eigenvalue weighted by atomic mass is 10.4. The molecule has 0 aliphatic rings. The fourth-order valence-corrected chi connectivity index (χ4v) is 1.45. The number of rotatable bonds is 3. The molecule has 0 unspecified atom stereocenters. The molecule has 0 bridgehead atoms. The van der Waals surface area contributed by atoms with Gasteiger partial charge in [-0.1, -0.05) is 0 Å². The Balaban J connectivity index is 2.94. The second-order valence-electron chi connectivity index (χ2n) is 2.40. The number of hydrogen-bond donors (Lipinski definition) is 2. The summed E-state index contributed by atoms with van der Waals surface area (Å²) < 4.78 is 5.99. The first kappa shape index (κ1) is 11.2. The van der Waals surface area contributed by atoms with Gasteiger partial charge in [0, 0.05) is 6.20 Å². The molecule has 0 spiro atoms. The van der Waals surface area contributed by atoms with Crippen molar-refractivity contribution < 1.29 is 4.74 Å². The maximum absolute atomic E-state index is 5.36. The molecular formula is C8H10BrN3OS. The molecule has 1 aromatic rings. The molecular weight excluding hydrogens is 266 g/mol. The monoisotopic (exact) mass is 275 g/mol. The summed E-state index contributed by atoms with van der Waals surface area (Å²) in [6.07, 6.45) is 1.62. The van der Waals surface area contributed by atoms with Gasteiger partial charge in [-0.3, -0.25) is 0 Å². The lowest BCUT2D eigenvalue weighted by molar-refractivity contribution is 0.325. The summed E-state index contributed by atoms with van der Waals surface area (Å²) in [6, 6.07) is 1.76. The van der Waals surface area contributed by atoms with Crippen LogP contribution in [0, 0.1) is 0 Å². The number of halogens is 1. The van der Waals surface area contributed by atoms with Crippen LogP contribution in [0.15, 0.2) is 16.7 Å². The molecule has 3 N–H and O–H groups in total. The predicted octanol–water partition coefficient (Wildman–Crippen LogP) is 1.90. The molecule has 1 aromatic heterocycles. The molecule has 0 amide bonds. The summed E-state index contributed by atoms with van der Waals surface area (Å²) in [7, 11) is 0. The Kier molecular flexibility index (Phi) is 4.09. The van der Waals surface area contributed by atoms with E-state index in [2.05, 4.69) is 26.2 Å². The Morgan fingerprint density at radius 1 is 1.79 bits per heavy atom. The zero-order valence-corrected chi connectivity index (χ0v) is 9.98. The SMILES string of the molecule is CCOc1nccc(NC(N)=S)c1Br. The van der Waals surface area contributed by atoms with Crippen LogP contribution in [-0.4, -0.2) is 16.7 Å². The third kappa shape index (κ3) is 2.81. The van der Waals surface area contributed by atoms with Crippen LogP contribution in [-0.2, 0) is 0 Å². The molecule has 0 aliphatic carbocycles. The van der Waals surface area contributed by atoms with Crippen molar-refractivity contribution in [2.45, 2.75) is 6.92 Å². The van der Waals surface area contributed by atoms with Gasteiger partial charge in [-0.15, -0.1) is 0 Å². The highest BCUT2D eigenvalue weighted by atomic mass is 79.9. The third-order valence-electron chi connectivity index (χ3n) is 1.40. The smallest absolute Gasteiger partial charge is 0.230 e. The highest BCUT2D eigenvalue weighted by Gasteiger charge is 2.07. The molecule has 0 aromatic carbocycles. The minimum atomic E-state index is 0.208. The van der Waals surface area contributed by atoms with Gasteiger partial charge in [0.05, 0.1) is 12.3 Å². The van der Waals surface area contributed by atoms with Gasteiger partial charge in [0.1, 0.15) is 4.47 Å². The van der Waals surface area contributed by atoms with Crippen molar-refractivity contribution in [3.8, 4) is 5.88 Å². The van der Waals surface area contributed by atoms with Crippen LogP contribution >= 0.6 is 28.1 Å². The minimum Gasteiger partial charge on any atom is -0.477 e. The zero-order chi connectivity index (χ0) is 10.6. The number of aromatic nitrogens is 1. The molecule has 1 heterocycles. The highest BCUT2D eigenvalue weighted by molar-refractivity contribution is 9.10. The highest BCUT2D eigenvalue weighted by Crippen LogP contribution is 2.29. The molecule has 1 rings (SSSR count). The van der Waals surface area contributed by atoms with E-state index in [-0.39, 0.29) is 5.11 Å². The van der Waals surface area contributed by atoms with Crippen LogP contribution < -0.4 is 15.8 Å². The Bertz CT molecular complexity index is 345. The molecule has 14 heavy (non-hydrogen) atoms. The van der Waals surface area contributed by atoms with Crippen molar-refractivity contribution in [2.24, 2.45) is 5.73 Å². The summed E-state index contributed by atoms with van der Waals surface area (Å²) in [5, 5.41) is 3.02. The number of pyridine rings is 1. The van der Waals surface area contributed by atoms with Crippen molar-refractivity contribution in [3.63, 3.8) is 0 Å². The Morgan fingerprint density at radius 3 is 3.07 bits per heavy atom. The normalized spacial score (nSPS) is 9.57. The second kappa shape index (κ2) is 5.11. The van der Waals surface area contributed by atoms with E-state index in [1.165, 1.54) is 0 Å². The van der Waals surface area contributed by atoms with Crippen LogP contribution in [0.4, 0.5) is 5.69 Å². The maximum atomic E-state index is 5.36. The Labute approximate surface area is 96.0 Å². The van der Waals surface area contributed by atoms with Crippen LogP contribution in [0.2, 0.25) is 0 Å². The van der Waals surface area contributed by atoms with Gasteiger partial charge in [0.25, 0.3) is 0 Å². The molecule has 0 atom stereocenters. The molecule has 0 radical (unpaired) electrons. The average Bonchev–Trinajstić information content (AvgIpc) is 2.11. The summed E-state index contributed by atoms with van der Waals surface area (Å²) in [5.74, 6) is 0.522. The quantitative estimate of drug-likeness (QED) is 0.826. The van der Waals surface area contributed by atoms with Crippen LogP contribution in [0.25, 0.3) is 0 Å². The van der Waals surface area contributed by atoms with Crippen molar-refractivity contribution in [3.05, 3.63) is 16.7 Å². The van der Waals surface area contributed by atoms with E-state index in [4.69, 9.17) is 22.7 Å². The van der Waals surface area contributed by atoms with Crippen LogP contribution in [0.5, 0.6) is 5.88 Å². The van der Waals surface area contributed by atoms with Gasteiger partial charge in [-0.25, -0.2) is 4.98 Å². The fraction of sp³-hybridized carbons (Fsp3) is 0.250. The van der Waals surface area contributed by atoms with Crippen molar-refractivity contribution >= 4 is 38.9 Å². The van der Waals surface area contributed by atoms with E-state index in [0.717, 1.165) is 10.2 Å². The van der Waals surface area contributed by atoms with E-state index in [1.807, 2.05) is 6.92 Å². The minimum absolute atomic E-state index is 0.208. The second-order valence-corrected chi connectivity index (χ2v) is 3.63. The Morgan fingerprint density at radius 2 is 2.50 bits per heavy atom. The van der Waals surface area contributed by atoms with Gasteiger partial charge in [0.15, 0.2) is 5.11 Å². The first-order valence-electron chi connectivity index (χ1n) is 3.99. The Hall–Kier alpha value is -0.880. The topological polar surface area (TPSA) is 60.2 Å². The molecule has 6 heteroatoms. The molecule has 0 saturated heterocycles. The summed E-state index contributed by atoms with van der Waals surface area (Å²) >= 11 is 8.08. The van der Waals surface area contributed by atoms with Crippen molar-refractivity contribution in [1.82, 2.24) is 4.98 Å². The molecule has 0 fully saturated rings. The van der Waals surface area contributed by atoms with Crippen LogP contribution in [0.1, 0.15) is 6.92 Å². The number of hydrogen-bond acceptors (Lipinski definition) is 3. The average molecular weight is 276 g/mol. The standard InChI is InChI=1S/C8H10BrN3OS/c1-2-13-7-6(9)5(3-4-11-7)12-8(10)14/h3-4H,2H2,1H3,(H3,10,11,12,14). The largest absolute Gasteiger partial charge is 0.477 e. The summed E-state index contributed by atoms with van der Waals surface area (Å²) in [4.78, 5) is 4.04. The van der Waals surface area contributed by atoms with Gasteiger partial charge < -0.3 is 15.8 Å². The lowest BCUT2D eigenvalue weighted by Crippen LogP contribution is -2.19. The maximum Gasteiger partial charge on any atom is 0.230 e. The predicted molar refractivity (Wildman–Crippen MR) is 63.5 cm³/mol. The van der Waals surface area contributed by atoms with E-state index in [9.17, 15) is 0 Å². The van der Waals surface area contributed by atoms with E-state index < -0.39 is 0 Å². The van der Waals surface area contributed by atoms with Crippen LogP contribution in [0.3, 0.4) is 0 Å². The molecule has 76 valence electrons. The van der Waals surface area contributed by atoms with Gasteiger partial charge in [-0.05, 0) is 41.1 Å². The van der Waals surface area contributed by atoms with Gasteiger partial charge in [0.2, 0.25) is 5.88 Å². The number of nitrogens with one attached hydrogen (secondary N) is 1. The van der Waals surface area contributed by atoms with Gasteiger partial charge in [-0.2, -0.15) is 0 Å². The number of nitrogens with zero attached hydrogens (tertiary/aromatic N) is 1. The molecule has 4 nitrogen and oxygen atoms in total. The summed E-state index contributed by atoms with van der Waals surface area (Å²) in [5.41, 5.74) is 6.10. The molecule has 0 aliphatic heterocycles. The van der Waals surface area contributed by atoms with E-state index >= 15 is 0 Å². The van der Waals surface area contributed by atoms with Crippen molar-refractivity contribution in [2.75, 3.05) is 11.9 Å². The third-order valence-corrected chi connectivity index (χ3v) is 2.26. The first-order chi connectivity index (χ1) is 6.65. The van der Waals surface area contributed by atoms with E-state index in [0.29, 0.717) is 12.5 Å². The van der Waals surface area contributed by atoms with E-state index in [1.54, 1.807) is 12.3 Å². The molecule has 0 saturated carbocycles. The number of thiocarbonyl (C=S) groups is 1. The fourth-order valence-electron chi connectivity index (χ4n) is 0.891.